The Hall–Kier alpha value is -0.890. The van der Waals surface area contributed by atoms with E-state index in [1.807, 2.05) is 6.07 Å². The summed E-state index contributed by atoms with van der Waals surface area (Å²) in [7, 11) is 0. The van der Waals surface area contributed by atoms with Gasteiger partial charge in [-0.3, -0.25) is 0 Å². The lowest BCUT2D eigenvalue weighted by atomic mass is 9.80. The van der Waals surface area contributed by atoms with Gasteiger partial charge in [-0.05, 0) is 74.2 Å². The second kappa shape index (κ2) is 4.77. The molecule has 0 amide bonds. The molecule has 1 aromatic carbocycles. The molecule has 3 rings (SSSR count). The third-order valence-electron chi connectivity index (χ3n) is 4.28. The van der Waals surface area contributed by atoms with Crippen molar-refractivity contribution in [2.75, 3.05) is 6.54 Å². The minimum Gasteiger partial charge on any atom is -0.314 e. The van der Waals surface area contributed by atoms with Crippen LogP contribution >= 0.6 is 0 Å². The smallest absolute Gasteiger partial charge is 0.123 e. The van der Waals surface area contributed by atoms with Crippen LogP contribution in [0.4, 0.5) is 4.39 Å². The first kappa shape index (κ1) is 11.2. The van der Waals surface area contributed by atoms with Crippen molar-refractivity contribution in [3.63, 3.8) is 0 Å². The molecule has 0 aromatic heterocycles. The summed E-state index contributed by atoms with van der Waals surface area (Å²) < 4.78 is 13.1. The summed E-state index contributed by atoms with van der Waals surface area (Å²) in [5.74, 6) is 0.711. The average Bonchev–Trinajstić information content (AvgIpc) is 2.82. The lowest BCUT2D eigenvalue weighted by Crippen LogP contribution is -2.27. The Labute approximate surface area is 102 Å². The van der Waals surface area contributed by atoms with Gasteiger partial charge in [0.05, 0.1) is 0 Å². The molecule has 1 nitrogen and oxygen atoms in total. The Morgan fingerprint density at radius 2 is 2.18 bits per heavy atom. The van der Waals surface area contributed by atoms with Crippen molar-refractivity contribution in [1.29, 1.82) is 0 Å². The number of hydrogen-bond acceptors (Lipinski definition) is 1. The molecule has 2 heteroatoms. The molecule has 2 atom stereocenters. The molecule has 17 heavy (non-hydrogen) atoms. The molecule has 0 radical (unpaired) electrons. The van der Waals surface area contributed by atoms with E-state index in [0.29, 0.717) is 0 Å². The highest BCUT2D eigenvalue weighted by Gasteiger charge is 2.23. The molecule has 1 aromatic rings. The molecule has 0 saturated carbocycles. The van der Waals surface area contributed by atoms with E-state index in [2.05, 4.69) is 5.32 Å². The molecule has 2 unspecified atom stereocenters. The molecule has 1 aliphatic carbocycles. The zero-order valence-corrected chi connectivity index (χ0v) is 10.2. The van der Waals surface area contributed by atoms with Gasteiger partial charge in [-0.1, -0.05) is 6.07 Å². The summed E-state index contributed by atoms with van der Waals surface area (Å²) in [5, 5.41) is 3.58. The second-order valence-electron chi connectivity index (χ2n) is 5.55. The van der Waals surface area contributed by atoms with Crippen molar-refractivity contribution >= 4 is 0 Å². The zero-order chi connectivity index (χ0) is 11.7. The highest BCUT2D eigenvalue weighted by Crippen LogP contribution is 2.30. The summed E-state index contributed by atoms with van der Waals surface area (Å²) in [6.45, 7) is 1.19. The number of rotatable bonds is 2. The average molecular weight is 233 g/mol. The third-order valence-corrected chi connectivity index (χ3v) is 4.28. The molecular weight excluding hydrogens is 213 g/mol. The minimum atomic E-state index is -0.0836. The SMILES string of the molecule is Fc1ccc2c(c1)CCC(CC1CCCN1)C2. The molecule has 92 valence electrons. The van der Waals surface area contributed by atoms with Gasteiger partial charge < -0.3 is 5.32 Å². The van der Waals surface area contributed by atoms with Crippen molar-refractivity contribution in [1.82, 2.24) is 5.32 Å². The molecular formula is C15H20FN. The van der Waals surface area contributed by atoms with Crippen LogP contribution in [-0.2, 0) is 12.8 Å². The largest absolute Gasteiger partial charge is 0.314 e. The van der Waals surface area contributed by atoms with E-state index >= 15 is 0 Å². The maximum Gasteiger partial charge on any atom is 0.123 e. The van der Waals surface area contributed by atoms with Gasteiger partial charge in [0.25, 0.3) is 0 Å². The summed E-state index contributed by atoms with van der Waals surface area (Å²) in [6, 6.07) is 6.05. The second-order valence-corrected chi connectivity index (χ2v) is 5.55. The fourth-order valence-electron chi connectivity index (χ4n) is 3.36. The van der Waals surface area contributed by atoms with Crippen molar-refractivity contribution < 1.29 is 4.39 Å². The topological polar surface area (TPSA) is 12.0 Å². The Bertz CT molecular complexity index is 396. The van der Waals surface area contributed by atoms with Gasteiger partial charge in [-0.15, -0.1) is 0 Å². The monoisotopic (exact) mass is 233 g/mol. The number of fused-ring (bicyclic) bond motifs is 1. The van der Waals surface area contributed by atoms with Gasteiger partial charge in [0.1, 0.15) is 5.82 Å². The zero-order valence-electron chi connectivity index (χ0n) is 10.2. The summed E-state index contributed by atoms with van der Waals surface area (Å²) in [5.41, 5.74) is 2.61. The van der Waals surface area contributed by atoms with Crippen LogP contribution in [0.25, 0.3) is 0 Å². The van der Waals surface area contributed by atoms with Crippen LogP contribution in [-0.4, -0.2) is 12.6 Å². The number of aryl methyl sites for hydroxylation is 1. The van der Waals surface area contributed by atoms with Crippen LogP contribution in [0.2, 0.25) is 0 Å². The first-order valence-electron chi connectivity index (χ1n) is 6.82. The molecule has 1 aliphatic heterocycles. The van der Waals surface area contributed by atoms with Crippen molar-refractivity contribution in [3.8, 4) is 0 Å². The van der Waals surface area contributed by atoms with Gasteiger partial charge in [-0.25, -0.2) is 4.39 Å². The number of nitrogens with one attached hydrogen (secondary N) is 1. The number of hydrogen-bond donors (Lipinski definition) is 1. The van der Waals surface area contributed by atoms with Crippen LogP contribution < -0.4 is 5.32 Å². The van der Waals surface area contributed by atoms with Crippen molar-refractivity contribution in [3.05, 3.63) is 35.1 Å². The molecule has 1 N–H and O–H groups in total. The molecule has 0 spiro atoms. The first-order valence-corrected chi connectivity index (χ1v) is 6.82. The van der Waals surface area contributed by atoms with Crippen LogP contribution in [0.15, 0.2) is 18.2 Å². The fourth-order valence-corrected chi connectivity index (χ4v) is 3.36. The Balaban J connectivity index is 1.65. The number of benzene rings is 1. The van der Waals surface area contributed by atoms with Gasteiger partial charge in [0.15, 0.2) is 0 Å². The highest BCUT2D eigenvalue weighted by atomic mass is 19.1. The van der Waals surface area contributed by atoms with Gasteiger partial charge in [-0.2, -0.15) is 0 Å². The molecule has 2 aliphatic rings. The van der Waals surface area contributed by atoms with Crippen LogP contribution in [0, 0.1) is 11.7 Å². The van der Waals surface area contributed by atoms with E-state index in [0.717, 1.165) is 24.8 Å². The van der Waals surface area contributed by atoms with Gasteiger partial charge in [0.2, 0.25) is 0 Å². The van der Waals surface area contributed by atoms with Crippen molar-refractivity contribution in [2.45, 2.75) is 44.6 Å². The maximum atomic E-state index is 13.1. The molecule has 1 saturated heterocycles. The van der Waals surface area contributed by atoms with E-state index in [9.17, 15) is 4.39 Å². The Kier molecular flexibility index (Phi) is 3.15. The van der Waals surface area contributed by atoms with E-state index in [1.165, 1.54) is 43.4 Å². The standard InChI is InChI=1S/C15H20FN/c16-14-6-5-12-8-11(3-4-13(12)10-14)9-15-2-1-7-17-15/h5-6,10-11,15,17H,1-4,7-9H2. The van der Waals surface area contributed by atoms with Gasteiger partial charge >= 0.3 is 0 Å². The van der Waals surface area contributed by atoms with E-state index in [-0.39, 0.29) is 5.82 Å². The molecule has 1 heterocycles. The highest BCUT2D eigenvalue weighted by molar-refractivity contribution is 5.30. The maximum absolute atomic E-state index is 13.1. The predicted molar refractivity (Wildman–Crippen MR) is 67.6 cm³/mol. The lowest BCUT2D eigenvalue weighted by Gasteiger charge is -2.26. The summed E-state index contributed by atoms with van der Waals surface area (Å²) in [6.07, 6.45) is 7.41. The van der Waals surface area contributed by atoms with E-state index in [4.69, 9.17) is 0 Å². The van der Waals surface area contributed by atoms with Crippen LogP contribution in [0.3, 0.4) is 0 Å². The molecule has 0 bridgehead atoms. The Morgan fingerprint density at radius 3 is 3.00 bits per heavy atom. The van der Waals surface area contributed by atoms with Crippen LogP contribution in [0.1, 0.15) is 36.8 Å². The molecule has 1 fully saturated rings. The van der Waals surface area contributed by atoms with Crippen LogP contribution in [0.5, 0.6) is 0 Å². The fraction of sp³-hybridized carbons (Fsp3) is 0.600. The predicted octanol–water partition coefficient (Wildman–Crippen LogP) is 3.07. The third kappa shape index (κ3) is 2.52. The van der Waals surface area contributed by atoms with E-state index < -0.39 is 0 Å². The summed E-state index contributed by atoms with van der Waals surface area (Å²) >= 11 is 0. The minimum absolute atomic E-state index is 0.0836. The van der Waals surface area contributed by atoms with Gasteiger partial charge in [0, 0.05) is 6.04 Å². The van der Waals surface area contributed by atoms with Crippen molar-refractivity contribution in [2.24, 2.45) is 5.92 Å². The van der Waals surface area contributed by atoms with E-state index in [1.54, 1.807) is 12.1 Å². The Morgan fingerprint density at radius 1 is 1.24 bits per heavy atom. The quantitative estimate of drug-likeness (QED) is 0.827. The summed E-state index contributed by atoms with van der Waals surface area (Å²) in [4.78, 5) is 0. The normalized spacial score (nSPS) is 28.1. The lowest BCUT2D eigenvalue weighted by molar-refractivity contribution is 0.372. The number of halogens is 1. The first-order chi connectivity index (χ1) is 8.31.